The fourth-order valence-corrected chi connectivity index (χ4v) is 11.7. The van der Waals surface area contributed by atoms with Crippen molar-refractivity contribution in [1.29, 1.82) is 0 Å². The predicted octanol–water partition coefficient (Wildman–Crippen LogP) is 5.77. The first-order chi connectivity index (χ1) is 35.4. The molecule has 3 aromatic rings. The van der Waals surface area contributed by atoms with Crippen molar-refractivity contribution in [2.24, 2.45) is 11.3 Å². The average molecular weight is 1010 g/mol. The van der Waals surface area contributed by atoms with Gasteiger partial charge in [-0.2, -0.15) is 0 Å². The number of ether oxygens (including phenoxy) is 3. The van der Waals surface area contributed by atoms with Crippen LogP contribution in [0.15, 0.2) is 80.8 Å². The number of hydrogen-bond donors (Lipinski definition) is 2. The van der Waals surface area contributed by atoms with Crippen LogP contribution in [-0.2, 0) is 34.0 Å². The van der Waals surface area contributed by atoms with Crippen LogP contribution in [0.25, 0.3) is 33.4 Å². The molecular formula is C57H62N4O13. The zero-order chi connectivity index (χ0) is 52.8. The number of carbonyl (C=O) groups is 7. The van der Waals surface area contributed by atoms with Gasteiger partial charge in [0.2, 0.25) is 17.0 Å². The number of benzene rings is 3. The minimum Gasteiger partial charge on any atom is -0.545 e. The summed E-state index contributed by atoms with van der Waals surface area (Å²) in [7, 11) is 9.19. The second-order valence-electron chi connectivity index (χ2n) is 20.7. The Balaban J connectivity index is 0.753. The molecule has 0 saturated heterocycles. The number of unbranched alkanes of at least 4 members (excludes halogenated alkanes) is 3. The van der Waals surface area contributed by atoms with E-state index in [1.807, 2.05) is 87.9 Å². The SMILES string of the molecule is COC[C@H]1OC(=O)c2coc3c2[C@@]1(C)C1=C(C3=O)[C@@H]2CCC(=O)[C@@]2(C)C[C@H]1OC(=O)CCCCNC(=O)CCCCCNC(=O)c1ccc(-c2c3ccc(=[N+](C)C)cc-3oc3cc(N(C)C)ccc23)c(C(=O)[O-])c1. The molecule has 2 amide bonds. The molecular weight excluding hydrogens is 949 g/mol. The molecule has 1 fully saturated rings. The summed E-state index contributed by atoms with van der Waals surface area (Å²) in [4.78, 5) is 95.1. The third-order valence-corrected chi connectivity index (χ3v) is 15.7. The molecule has 4 aliphatic carbocycles. The highest BCUT2D eigenvalue weighted by Crippen LogP contribution is 2.61. The molecule has 2 N–H and O–H groups in total. The van der Waals surface area contributed by atoms with Crippen molar-refractivity contribution >= 4 is 57.9 Å². The minimum absolute atomic E-state index is 0.00118. The third-order valence-electron chi connectivity index (χ3n) is 15.7. The van der Waals surface area contributed by atoms with Gasteiger partial charge in [-0.1, -0.05) is 19.4 Å². The molecule has 0 bridgehead atoms. The number of carboxylic acid groups (broad SMARTS) is 1. The van der Waals surface area contributed by atoms with E-state index in [-0.39, 0.29) is 66.4 Å². The number of nitrogens with zero attached hydrogens (tertiary/aromatic N) is 2. The van der Waals surface area contributed by atoms with Gasteiger partial charge in [-0.25, -0.2) is 9.37 Å². The third kappa shape index (κ3) is 9.19. The lowest BCUT2D eigenvalue weighted by molar-refractivity contribution is -0.255. The Kier molecular flexibility index (Phi) is 14.3. The van der Waals surface area contributed by atoms with Crippen molar-refractivity contribution in [2.45, 2.75) is 95.7 Å². The van der Waals surface area contributed by atoms with Gasteiger partial charge in [0, 0.05) is 128 Å². The van der Waals surface area contributed by atoms with Gasteiger partial charge >= 0.3 is 11.9 Å². The summed E-state index contributed by atoms with van der Waals surface area (Å²) >= 11 is 0. The molecule has 17 nitrogen and oxygen atoms in total. The summed E-state index contributed by atoms with van der Waals surface area (Å²) in [5.41, 5.74) is 2.67. The van der Waals surface area contributed by atoms with Gasteiger partial charge in [-0.15, -0.1) is 0 Å². The molecule has 1 aromatic heterocycles. The van der Waals surface area contributed by atoms with E-state index in [0.717, 1.165) is 11.0 Å². The van der Waals surface area contributed by atoms with Crippen LogP contribution in [0.4, 0.5) is 5.69 Å². The molecule has 2 aliphatic heterocycles. The molecule has 0 radical (unpaired) electrons. The maximum Gasteiger partial charge on any atom is 0.342 e. The monoisotopic (exact) mass is 1010 g/mol. The van der Waals surface area contributed by atoms with E-state index in [9.17, 15) is 38.7 Å². The van der Waals surface area contributed by atoms with Gasteiger partial charge in [-0.3, -0.25) is 24.0 Å². The largest absolute Gasteiger partial charge is 0.545 e. The smallest absolute Gasteiger partial charge is 0.342 e. The second-order valence-corrected chi connectivity index (χ2v) is 20.7. The zero-order valence-electron chi connectivity index (χ0n) is 42.9. The fourth-order valence-electron chi connectivity index (χ4n) is 11.7. The fraction of sp³-hybridized carbons (Fsp3) is 0.439. The second kappa shape index (κ2) is 20.5. The van der Waals surface area contributed by atoms with Crippen LogP contribution in [0.5, 0.6) is 0 Å². The number of amides is 2. The number of fused-ring (bicyclic) bond motifs is 5. The Morgan fingerprint density at radius 2 is 1.62 bits per heavy atom. The van der Waals surface area contributed by atoms with Gasteiger partial charge in [0.1, 0.15) is 55.3 Å². The number of carboxylic acids is 1. The Bertz CT molecular complexity index is 3210. The predicted molar refractivity (Wildman–Crippen MR) is 271 cm³/mol. The molecule has 388 valence electrons. The maximum atomic E-state index is 14.3. The molecule has 74 heavy (non-hydrogen) atoms. The molecule has 17 heteroatoms. The summed E-state index contributed by atoms with van der Waals surface area (Å²) in [6, 6.07) is 16.1. The normalized spacial score (nSPS) is 21.7. The molecule has 1 saturated carbocycles. The van der Waals surface area contributed by atoms with Crippen LogP contribution in [-0.4, -0.2) is 108 Å². The topological polar surface area (TPSA) is 227 Å². The summed E-state index contributed by atoms with van der Waals surface area (Å²) in [5, 5.41) is 20.1. The van der Waals surface area contributed by atoms with E-state index in [0.29, 0.717) is 102 Å². The highest BCUT2D eigenvalue weighted by atomic mass is 16.6. The zero-order valence-corrected chi connectivity index (χ0v) is 42.9. The Morgan fingerprint density at radius 1 is 0.878 bits per heavy atom. The van der Waals surface area contributed by atoms with E-state index in [4.69, 9.17) is 23.0 Å². The highest BCUT2D eigenvalue weighted by Gasteiger charge is 2.64. The average Bonchev–Trinajstić information content (AvgIpc) is 3.96. The lowest BCUT2D eigenvalue weighted by Gasteiger charge is -2.51. The maximum absolute atomic E-state index is 14.3. The molecule has 2 aromatic carbocycles. The Hall–Kier alpha value is -7.40. The lowest BCUT2D eigenvalue weighted by atomic mass is 9.54. The number of carbonyl (C=O) groups excluding carboxylic acids is 7. The summed E-state index contributed by atoms with van der Waals surface area (Å²) in [6.07, 6.45) is 3.39. The Labute approximate surface area is 428 Å². The van der Waals surface area contributed by atoms with E-state index < -0.39 is 58.6 Å². The number of methoxy groups -OCH3 is 1. The number of nitrogens with one attached hydrogen (secondary N) is 2. The lowest BCUT2D eigenvalue weighted by Crippen LogP contribution is -2.57. The standard InChI is InChI=1S/C57H62N4O13/c1-56-28-42(50-48(39(56)21-22-43(56)62)51(65)52-49-38(29-71-52)55(69)74-44(30-70-7)57(49,50)2)73-46(64)14-10-12-23-58-45(63)13-9-8-11-24-59-53(66)31-15-18-34(37(25-31)54(67)68)47-35-19-16-32(60(3)4)26-40(35)72-41-27-33(61(5)6)17-20-36(41)47/h15-20,25-27,29,39,42,44H,8-14,21-24,28,30H2,1-7H3,(H2-,58,59,63,66,67,68)/t39-,42+,44+,56-,57-/m0/s1. The van der Waals surface area contributed by atoms with Crippen molar-refractivity contribution < 1.29 is 61.7 Å². The van der Waals surface area contributed by atoms with Crippen LogP contribution in [0.3, 0.4) is 0 Å². The van der Waals surface area contributed by atoms with E-state index in [1.54, 1.807) is 12.1 Å². The van der Waals surface area contributed by atoms with Crippen LogP contribution >= 0.6 is 0 Å². The number of hydrogen-bond acceptors (Lipinski definition) is 14. The first-order valence-corrected chi connectivity index (χ1v) is 25.3. The first kappa shape index (κ1) is 51.5. The summed E-state index contributed by atoms with van der Waals surface area (Å²) in [5.74, 6) is -3.37. The quantitative estimate of drug-likeness (QED) is 0.0460. The number of ketones is 2. The van der Waals surface area contributed by atoms with E-state index in [2.05, 4.69) is 10.6 Å². The number of allylic oxidation sites excluding steroid dienone is 1. The van der Waals surface area contributed by atoms with Gasteiger partial charge < -0.3 is 48.5 Å². The number of furan rings is 1. The van der Waals surface area contributed by atoms with Crippen molar-refractivity contribution in [2.75, 3.05) is 59.9 Å². The summed E-state index contributed by atoms with van der Waals surface area (Å²) < 4.78 is 31.7. The molecule has 3 heterocycles. The summed E-state index contributed by atoms with van der Waals surface area (Å²) in [6.45, 7) is 4.35. The minimum atomic E-state index is -1.42. The molecule has 9 rings (SSSR count). The van der Waals surface area contributed by atoms with Crippen LogP contribution in [0.1, 0.15) is 125 Å². The Morgan fingerprint density at radius 3 is 2.36 bits per heavy atom. The van der Waals surface area contributed by atoms with Gasteiger partial charge in [0.25, 0.3) is 5.91 Å². The van der Waals surface area contributed by atoms with Crippen molar-refractivity contribution in [3.63, 3.8) is 0 Å². The van der Waals surface area contributed by atoms with Gasteiger partial charge in [0.05, 0.1) is 24.1 Å². The number of Topliss-reactive ketones (excluding diaryl/α,β-unsaturated/α-hetero) is 2. The van der Waals surface area contributed by atoms with Crippen molar-refractivity contribution in [1.82, 2.24) is 15.2 Å². The van der Waals surface area contributed by atoms with E-state index >= 15 is 0 Å². The number of rotatable bonds is 18. The van der Waals surface area contributed by atoms with Crippen molar-refractivity contribution in [3.05, 3.63) is 105 Å². The van der Waals surface area contributed by atoms with Crippen molar-refractivity contribution in [3.8, 4) is 22.5 Å². The highest BCUT2D eigenvalue weighted by molar-refractivity contribution is 6.15. The molecule has 5 atom stereocenters. The number of cyclic esters (lactones) is 1. The number of anilines is 1. The molecule has 0 unspecified atom stereocenters. The molecule has 0 spiro atoms. The van der Waals surface area contributed by atoms with Crippen LogP contribution < -0.4 is 30.6 Å². The number of aromatic carboxylic acids is 1. The van der Waals surface area contributed by atoms with E-state index in [1.165, 1.54) is 19.4 Å². The van der Waals surface area contributed by atoms with Gasteiger partial charge in [0.15, 0.2) is 5.76 Å². The van der Waals surface area contributed by atoms with Crippen LogP contribution in [0.2, 0.25) is 0 Å². The first-order valence-electron chi connectivity index (χ1n) is 25.3. The number of esters is 2. The van der Waals surface area contributed by atoms with Gasteiger partial charge in [-0.05, 0) is 80.5 Å². The molecule has 6 aliphatic rings. The van der Waals surface area contributed by atoms with Crippen LogP contribution in [0, 0.1) is 11.3 Å².